The van der Waals surface area contributed by atoms with E-state index in [1.165, 1.54) is 11.1 Å². The molecule has 1 fully saturated rings. The van der Waals surface area contributed by atoms with Crippen molar-refractivity contribution in [3.63, 3.8) is 0 Å². The van der Waals surface area contributed by atoms with Crippen LogP contribution in [0.2, 0.25) is 0 Å². The zero-order chi connectivity index (χ0) is 23.0. The van der Waals surface area contributed by atoms with Crippen LogP contribution >= 0.6 is 22.6 Å². The number of halogens is 1. The van der Waals surface area contributed by atoms with E-state index in [1.807, 2.05) is 24.3 Å². The van der Waals surface area contributed by atoms with Crippen molar-refractivity contribution in [1.82, 2.24) is 5.32 Å². The summed E-state index contributed by atoms with van der Waals surface area (Å²) in [6.45, 7) is -0.00868. The van der Waals surface area contributed by atoms with E-state index >= 15 is 0 Å². The lowest BCUT2D eigenvalue weighted by Gasteiger charge is -2.30. The van der Waals surface area contributed by atoms with E-state index in [-0.39, 0.29) is 25.5 Å². The smallest absolute Gasteiger partial charge is 0.338 e. The summed E-state index contributed by atoms with van der Waals surface area (Å²) in [6, 6.07) is 15.2. The predicted molar refractivity (Wildman–Crippen MR) is 127 cm³/mol. The van der Waals surface area contributed by atoms with Gasteiger partial charge in [0.05, 0.1) is 12.2 Å². The first-order chi connectivity index (χ1) is 16.0. The van der Waals surface area contributed by atoms with Gasteiger partial charge in [0.1, 0.15) is 18.3 Å². The number of ether oxygens (including phenoxy) is 3. The first-order valence-corrected chi connectivity index (χ1v) is 12.0. The fraction of sp³-hybridized carbons (Fsp3) is 0.360. The summed E-state index contributed by atoms with van der Waals surface area (Å²) in [5.74, 6) is -1.61. The summed E-state index contributed by atoms with van der Waals surface area (Å²) < 4.78 is 19.7. The highest BCUT2D eigenvalue weighted by Gasteiger charge is 2.55. The van der Waals surface area contributed by atoms with Crippen LogP contribution in [0.3, 0.4) is 0 Å². The topological polar surface area (TPSA) is 94.1 Å². The zero-order valence-electron chi connectivity index (χ0n) is 17.8. The predicted octanol–water partition coefficient (Wildman–Crippen LogP) is 2.53. The molecule has 0 radical (unpaired) electrons. The molecule has 0 bridgehead atoms. The molecule has 1 saturated heterocycles. The number of aliphatic hydroxyl groups excluding tert-OH is 1. The van der Waals surface area contributed by atoms with Crippen LogP contribution in [0.4, 0.5) is 0 Å². The first kappa shape index (κ1) is 22.5. The molecule has 0 aromatic heterocycles. The average molecular weight is 561 g/mol. The minimum atomic E-state index is -0.833. The third-order valence-electron chi connectivity index (χ3n) is 6.24. The quantitative estimate of drug-likeness (QED) is 0.431. The number of fused-ring (bicyclic) bond motifs is 2. The SMILES string of the molecule is O=C(NCCO)C1=C[C@H]2OC3(Cc4ccccc4C3)O[C@H]2[C@H](OC(=O)c2ccc(I)cc2)C1. The lowest BCUT2D eigenvalue weighted by molar-refractivity contribution is -0.172. The van der Waals surface area contributed by atoms with Crippen LogP contribution in [0, 0.1) is 3.57 Å². The molecule has 3 aliphatic rings. The Hall–Kier alpha value is -2.27. The maximum atomic E-state index is 12.9. The summed E-state index contributed by atoms with van der Waals surface area (Å²) >= 11 is 2.18. The van der Waals surface area contributed by atoms with Gasteiger partial charge in [0.25, 0.3) is 0 Å². The molecule has 1 aliphatic heterocycles. The van der Waals surface area contributed by atoms with E-state index in [4.69, 9.17) is 19.3 Å². The van der Waals surface area contributed by atoms with Crippen molar-refractivity contribution in [2.45, 2.75) is 43.4 Å². The number of nitrogens with one attached hydrogen (secondary N) is 1. The highest BCUT2D eigenvalue weighted by molar-refractivity contribution is 14.1. The third-order valence-corrected chi connectivity index (χ3v) is 6.96. The Kier molecular flexibility index (Phi) is 6.26. The lowest BCUT2D eigenvalue weighted by Crippen LogP contribution is -2.44. The lowest BCUT2D eigenvalue weighted by atomic mass is 9.91. The van der Waals surface area contributed by atoms with E-state index in [0.29, 0.717) is 24.0 Å². The number of aliphatic hydroxyl groups is 1. The van der Waals surface area contributed by atoms with Crippen molar-refractivity contribution in [2.75, 3.05) is 13.2 Å². The minimum absolute atomic E-state index is 0.147. The first-order valence-electron chi connectivity index (χ1n) is 10.9. The van der Waals surface area contributed by atoms with Gasteiger partial charge in [0.15, 0.2) is 5.79 Å². The molecule has 5 rings (SSSR count). The number of carbonyl (C=O) groups excluding carboxylic acids is 2. The normalized spacial score (nSPS) is 24.7. The summed E-state index contributed by atoms with van der Waals surface area (Å²) in [4.78, 5) is 25.5. The van der Waals surface area contributed by atoms with Crippen LogP contribution < -0.4 is 5.32 Å². The highest BCUT2D eigenvalue weighted by Crippen LogP contribution is 2.44. The molecular weight excluding hydrogens is 537 g/mol. The van der Waals surface area contributed by atoms with E-state index < -0.39 is 30.1 Å². The molecule has 1 spiro atoms. The minimum Gasteiger partial charge on any atom is -0.456 e. The Morgan fingerprint density at radius 2 is 1.79 bits per heavy atom. The molecule has 3 atom stereocenters. The molecule has 2 aromatic carbocycles. The van der Waals surface area contributed by atoms with Gasteiger partial charge in [-0.2, -0.15) is 0 Å². The van der Waals surface area contributed by atoms with Crippen molar-refractivity contribution in [2.24, 2.45) is 0 Å². The molecular formula is C25H24INO6. The van der Waals surface area contributed by atoms with Gasteiger partial charge in [-0.05, 0) is 64.1 Å². The number of rotatable bonds is 5. The molecule has 0 unspecified atom stereocenters. The van der Waals surface area contributed by atoms with Gasteiger partial charge in [0.2, 0.25) is 5.91 Å². The Labute approximate surface area is 205 Å². The van der Waals surface area contributed by atoms with Crippen LogP contribution in [0.5, 0.6) is 0 Å². The highest BCUT2D eigenvalue weighted by atomic mass is 127. The summed E-state index contributed by atoms with van der Waals surface area (Å²) in [7, 11) is 0. The van der Waals surface area contributed by atoms with Crippen LogP contribution in [0.1, 0.15) is 27.9 Å². The molecule has 0 saturated carbocycles. The number of amides is 1. The fourth-order valence-corrected chi connectivity index (χ4v) is 5.10. The van der Waals surface area contributed by atoms with Gasteiger partial charge in [-0.1, -0.05) is 24.3 Å². The molecule has 172 valence electrons. The Morgan fingerprint density at radius 1 is 1.09 bits per heavy atom. The number of benzene rings is 2. The summed E-state index contributed by atoms with van der Waals surface area (Å²) in [6.07, 6.45) is 1.48. The second-order valence-electron chi connectivity index (χ2n) is 8.52. The van der Waals surface area contributed by atoms with Gasteiger partial charge >= 0.3 is 5.97 Å². The van der Waals surface area contributed by atoms with E-state index in [1.54, 1.807) is 18.2 Å². The fourth-order valence-electron chi connectivity index (χ4n) is 4.74. The van der Waals surface area contributed by atoms with E-state index in [0.717, 1.165) is 3.57 Å². The second kappa shape index (κ2) is 9.17. The maximum Gasteiger partial charge on any atom is 0.338 e. The number of carbonyl (C=O) groups is 2. The van der Waals surface area contributed by atoms with Crippen LogP contribution in [0.15, 0.2) is 60.2 Å². The van der Waals surface area contributed by atoms with Gasteiger partial charge < -0.3 is 24.6 Å². The van der Waals surface area contributed by atoms with Crippen LogP contribution in [-0.2, 0) is 31.8 Å². The molecule has 2 aliphatic carbocycles. The van der Waals surface area contributed by atoms with Gasteiger partial charge in [-0.3, -0.25) is 4.79 Å². The Morgan fingerprint density at radius 3 is 2.45 bits per heavy atom. The molecule has 1 amide bonds. The van der Waals surface area contributed by atoms with Crippen LogP contribution in [-0.4, -0.2) is 54.2 Å². The van der Waals surface area contributed by atoms with Gasteiger partial charge in [-0.25, -0.2) is 4.79 Å². The van der Waals surface area contributed by atoms with Crippen LogP contribution in [0.25, 0.3) is 0 Å². The standard InChI is InChI=1S/C25H24INO6/c26-19-7-5-15(6-8-19)24(30)31-20-11-18(23(29)27-9-10-28)12-21-22(20)33-25(32-21)13-16-3-1-2-4-17(16)14-25/h1-8,12,20-22,28H,9-11,13-14H2,(H,27,29)/t20-,21-,22+/m1/s1. The summed E-state index contributed by atoms with van der Waals surface area (Å²) in [5.41, 5.74) is 3.25. The maximum absolute atomic E-state index is 12.9. The molecule has 1 heterocycles. The van der Waals surface area contributed by atoms with Crippen molar-refractivity contribution in [1.29, 1.82) is 0 Å². The molecule has 33 heavy (non-hydrogen) atoms. The van der Waals surface area contributed by atoms with Crippen molar-refractivity contribution in [3.05, 3.63) is 80.4 Å². The monoisotopic (exact) mass is 561 g/mol. The van der Waals surface area contributed by atoms with Crippen molar-refractivity contribution >= 4 is 34.5 Å². The van der Waals surface area contributed by atoms with Gasteiger partial charge in [0, 0.05) is 35.0 Å². The van der Waals surface area contributed by atoms with Crippen molar-refractivity contribution < 1.29 is 28.9 Å². The summed E-state index contributed by atoms with van der Waals surface area (Å²) in [5, 5.41) is 11.7. The number of esters is 1. The van der Waals surface area contributed by atoms with Gasteiger partial charge in [-0.15, -0.1) is 0 Å². The molecule has 2 N–H and O–H groups in total. The average Bonchev–Trinajstić information content (AvgIpc) is 3.36. The van der Waals surface area contributed by atoms with E-state index in [9.17, 15) is 9.59 Å². The second-order valence-corrected chi connectivity index (χ2v) is 9.77. The molecule has 7 nitrogen and oxygen atoms in total. The number of hydrogen-bond donors (Lipinski definition) is 2. The largest absolute Gasteiger partial charge is 0.456 e. The Balaban J connectivity index is 1.39. The zero-order valence-corrected chi connectivity index (χ0v) is 20.0. The van der Waals surface area contributed by atoms with Crippen molar-refractivity contribution in [3.8, 4) is 0 Å². The molecule has 2 aromatic rings. The molecule has 8 heteroatoms. The number of hydrogen-bond acceptors (Lipinski definition) is 6. The Bertz CT molecular complexity index is 1070. The third kappa shape index (κ3) is 4.57. The van der Waals surface area contributed by atoms with E-state index in [2.05, 4.69) is 40.0 Å².